The van der Waals surface area contributed by atoms with Gasteiger partial charge >= 0.3 is 5.97 Å². The third-order valence-electron chi connectivity index (χ3n) is 5.35. The van der Waals surface area contributed by atoms with Crippen molar-refractivity contribution in [2.24, 2.45) is 0 Å². The zero-order valence-electron chi connectivity index (χ0n) is 18.5. The molecule has 1 aliphatic rings. The molecule has 4 rings (SSSR count). The van der Waals surface area contributed by atoms with Crippen LogP contribution in [0.2, 0.25) is 0 Å². The van der Waals surface area contributed by atoms with Crippen LogP contribution in [0.3, 0.4) is 0 Å². The average molecular weight is 485 g/mol. The third kappa shape index (κ3) is 5.19. The van der Waals surface area contributed by atoms with Crippen molar-refractivity contribution in [2.75, 3.05) is 45.3 Å². The minimum Gasteiger partial charge on any atom is -0.495 e. The summed E-state index contributed by atoms with van der Waals surface area (Å²) < 4.78 is 43.0. The van der Waals surface area contributed by atoms with Crippen LogP contribution in [-0.4, -0.2) is 64.6 Å². The summed E-state index contributed by atoms with van der Waals surface area (Å²) >= 11 is 0. The van der Waals surface area contributed by atoms with Crippen molar-refractivity contribution in [1.29, 1.82) is 0 Å². The molecule has 1 N–H and O–H groups in total. The van der Waals surface area contributed by atoms with Crippen molar-refractivity contribution in [2.45, 2.75) is 4.90 Å². The first-order valence-corrected chi connectivity index (χ1v) is 12.0. The number of ether oxygens (including phenoxy) is 3. The maximum absolute atomic E-state index is 13.1. The molecule has 1 fully saturated rings. The number of nitrogens with zero attached hydrogens (tertiary/aromatic N) is 1. The molecule has 1 saturated heterocycles. The zero-order valence-corrected chi connectivity index (χ0v) is 19.3. The van der Waals surface area contributed by atoms with Crippen LogP contribution in [0.15, 0.2) is 65.6 Å². The fourth-order valence-electron chi connectivity index (χ4n) is 3.61. The van der Waals surface area contributed by atoms with E-state index in [-0.39, 0.29) is 42.5 Å². The number of anilines is 1. The predicted molar refractivity (Wildman–Crippen MR) is 125 cm³/mol. The van der Waals surface area contributed by atoms with E-state index in [4.69, 9.17) is 14.2 Å². The second kappa shape index (κ2) is 10.2. The first kappa shape index (κ1) is 23.7. The number of hydrogen-bond donors (Lipinski definition) is 1. The first-order valence-electron chi connectivity index (χ1n) is 10.6. The molecule has 0 radical (unpaired) electrons. The molecule has 0 aliphatic carbocycles. The summed E-state index contributed by atoms with van der Waals surface area (Å²) in [6, 6.07) is 17.2. The van der Waals surface area contributed by atoms with E-state index in [9.17, 15) is 18.0 Å². The summed E-state index contributed by atoms with van der Waals surface area (Å²) in [6.07, 6.45) is 0. The molecule has 0 aromatic heterocycles. The Balaban J connectivity index is 1.44. The third-order valence-corrected chi connectivity index (χ3v) is 7.27. The second-order valence-electron chi connectivity index (χ2n) is 7.57. The molecule has 0 unspecified atom stereocenters. The van der Waals surface area contributed by atoms with Gasteiger partial charge in [-0.2, -0.15) is 4.31 Å². The quantitative estimate of drug-likeness (QED) is 0.513. The number of amides is 1. The summed E-state index contributed by atoms with van der Waals surface area (Å²) in [7, 11) is -2.56. The van der Waals surface area contributed by atoms with E-state index in [1.807, 2.05) is 36.4 Å². The molecule has 1 amide bonds. The fraction of sp³-hybridized carbons (Fsp3) is 0.250. The Morgan fingerprint density at radius 1 is 1.00 bits per heavy atom. The number of esters is 1. The number of morpholine rings is 1. The molecule has 0 bridgehead atoms. The number of carbonyl (C=O) groups is 2. The standard InChI is InChI=1S/C24H24N2O7S/c1-31-21-9-7-19(15-22(21)34(29,30)26-10-12-32-13-11-26)24(28)33-16-23(27)25-20-8-6-17-4-2-3-5-18(17)14-20/h2-9,14-15H,10-13,16H2,1H3,(H,25,27). The van der Waals surface area contributed by atoms with E-state index in [2.05, 4.69) is 5.32 Å². The van der Waals surface area contributed by atoms with Crippen molar-refractivity contribution in [3.63, 3.8) is 0 Å². The number of methoxy groups -OCH3 is 1. The topological polar surface area (TPSA) is 111 Å². The Morgan fingerprint density at radius 2 is 1.74 bits per heavy atom. The van der Waals surface area contributed by atoms with Crippen LogP contribution >= 0.6 is 0 Å². The second-order valence-corrected chi connectivity index (χ2v) is 9.47. The van der Waals surface area contributed by atoms with Crippen molar-refractivity contribution in [3.8, 4) is 5.75 Å². The van der Waals surface area contributed by atoms with E-state index in [1.54, 1.807) is 6.07 Å². The molecule has 1 heterocycles. The molecular weight excluding hydrogens is 460 g/mol. The first-order chi connectivity index (χ1) is 16.4. The Kier molecular flexibility index (Phi) is 7.11. The van der Waals surface area contributed by atoms with Crippen molar-refractivity contribution < 1.29 is 32.2 Å². The summed E-state index contributed by atoms with van der Waals surface area (Å²) in [5.74, 6) is -1.23. The molecule has 9 nitrogen and oxygen atoms in total. The molecule has 10 heteroatoms. The number of hydrogen-bond acceptors (Lipinski definition) is 7. The molecule has 0 spiro atoms. The molecule has 0 saturated carbocycles. The average Bonchev–Trinajstić information content (AvgIpc) is 2.87. The van der Waals surface area contributed by atoms with Crippen molar-refractivity contribution in [3.05, 3.63) is 66.2 Å². The number of sulfonamides is 1. The largest absolute Gasteiger partial charge is 0.495 e. The van der Waals surface area contributed by atoms with Gasteiger partial charge in [0.15, 0.2) is 6.61 Å². The zero-order chi connectivity index (χ0) is 24.1. The van der Waals surface area contributed by atoms with Gasteiger partial charge in [0.2, 0.25) is 10.0 Å². The van der Waals surface area contributed by atoms with Gasteiger partial charge in [0.05, 0.1) is 25.9 Å². The Morgan fingerprint density at radius 3 is 2.47 bits per heavy atom. The van der Waals surface area contributed by atoms with Crippen LogP contribution in [-0.2, 0) is 24.3 Å². The van der Waals surface area contributed by atoms with Crippen LogP contribution in [0.5, 0.6) is 5.75 Å². The van der Waals surface area contributed by atoms with Crippen LogP contribution in [0.25, 0.3) is 10.8 Å². The van der Waals surface area contributed by atoms with Crippen LogP contribution < -0.4 is 10.1 Å². The minimum absolute atomic E-state index is 0.00820. The number of carbonyl (C=O) groups excluding carboxylic acids is 2. The number of benzene rings is 3. The van der Waals surface area contributed by atoms with E-state index in [0.29, 0.717) is 5.69 Å². The van der Waals surface area contributed by atoms with Gasteiger partial charge in [-0.1, -0.05) is 30.3 Å². The maximum Gasteiger partial charge on any atom is 0.338 e. The van der Waals surface area contributed by atoms with E-state index in [0.717, 1.165) is 10.8 Å². The van der Waals surface area contributed by atoms with Gasteiger partial charge in [-0.25, -0.2) is 13.2 Å². The lowest BCUT2D eigenvalue weighted by Gasteiger charge is -2.26. The maximum atomic E-state index is 13.1. The van der Waals surface area contributed by atoms with E-state index >= 15 is 0 Å². The van der Waals surface area contributed by atoms with Gasteiger partial charge in [-0.3, -0.25) is 4.79 Å². The van der Waals surface area contributed by atoms with Crippen molar-refractivity contribution >= 4 is 38.4 Å². The normalized spacial score (nSPS) is 14.5. The molecular formula is C24H24N2O7S. The Labute approximate surface area is 197 Å². The molecule has 178 valence electrons. The summed E-state index contributed by atoms with van der Waals surface area (Å²) in [6.45, 7) is 0.457. The summed E-state index contributed by atoms with van der Waals surface area (Å²) in [4.78, 5) is 24.7. The number of rotatable bonds is 7. The molecule has 34 heavy (non-hydrogen) atoms. The molecule has 1 aliphatic heterocycles. The Hall–Kier alpha value is -3.47. The highest BCUT2D eigenvalue weighted by Crippen LogP contribution is 2.28. The monoisotopic (exact) mass is 484 g/mol. The van der Waals surface area contributed by atoms with E-state index in [1.165, 1.54) is 29.6 Å². The highest BCUT2D eigenvalue weighted by molar-refractivity contribution is 7.89. The SMILES string of the molecule is COc1ccc(C(=O)OCC(=O)Nc2ccc3ccccc3c2)cc1S(=O)(=O)N1CCOCC1. The highest BCUT2D eigenvalue weighted by Gasteiger charge is 2.30. The molecule has 3 aromatic carbocycles. The van der Waals surface area contributed by atoms with E-state index < -0.39 is 28.5 Å². The Bertz CT molecular complexity index is 1320. The molecule has 0 atom stereocenters. The minimum atomic E-state index is -3.91. The fourth-order valence-corrected chi connectivity index (χ4v) is 5.20. The van der Waals surface area contributed by atoms with Gasteiger partial charge in [-0.15, -0.1) is 0 Å². The number of fused-ring (bicyclic) bond motifs is 1. The van der Waals surface area contributed by atoms with Gasteiger partial charge in [-0.05, 0) is 41.1 Å². The summed E-state index contributed by atoms with van der Waals surface area (Å²) in [5, 5.41) is 4.69. The predicted octanol–water partition coefficient (Wildman–Crippen LogP) is 2.66. The highest BCUT2D eigenvalue weighted by atomic mass is 32.2. The smallest absolute Gasteiger partial charge is 0.338 e. The van der Waals surface area contributed by atoms with Gasteiger partial charge in [0.25, 0.3) is 5.91 Å². The van der Waals surface area contributed by atoms with Gasteiger partial charge in [0, 0.05) is 18.8 Å². The van der Waals surface area contributed by atoms with Gasteiger partial charge in [0.1, 0.15) is 10.6 Å². The lowest BCUT2D eigenvalue weighted by molar-refractivity contribution is -0.119. The van der Waals surface area contributed by atoms with Crippen molar-refractivity contribution in [1.82, 2.24) is 4.31 Å². The number of nitrogens with one attached hydrogen (secondary N) is 1. The lowest BCUT2D eigenvalue weighted by Crippen LogP contribution is -2.40. The van der Waals surface area contributed by atoms with Crippen LogP contribution in [0, 0.1) is 0 Å². The lowest BCUT2D eigenvalue weighted by atomic mass is 10.1. The van der Waals surface area contributed by atoms with Crippen LogP contribution in [0.1, 0.15) is 10.4 Å². The molecule has 3 aromatic rings. The van der Waals surface area contributed by atoms with Gasteiger partial charge < -0.3 is 19.5 Å². The summed E-state index contributed by atoms with van der Waals surface area (Å²) in [5.41, 5.74) is 0.564. The van der Waals surface area contributed by atoms with Crippen LogP contribution in [0.4, 0.5) is 5.69 Å².